The van der Waals surface area contributed by atoms with Gasteiger partial charge in [0.05, 0.1) is 11.1 Å². The van der Waals surface area contributed by atoms with Crippen LogP contribution in [0.3, 0.4) is 0 Å². The van der Waals surface area contributed by atoms with Gasteiger partial charge in [0.15, 0.2) is 12.3 Å². The fourth-order valence-corrected chi connectivity index (χ4v) is 3.69. The number of hydrogen-bond acceptors (Lipinski definition) is 4. The van der Waals surface area contributed by atoms with Crippen LogP contribution in [0.2, 0.25) is 0 Å². The Labute approximate surface area is 164 Å². The third-order valence-electron chi connectivity index (χ3n) is 4.36. The van der Waals surface area contributed by atoms with Crippen LogP contribution >= 0.6 is 11.3 Å². The van der Waals surface area contributed by atoms with Gasteiger partial charge in [-0.25, -0.2) is 0 Å². The number of furan rings is 1. The zero-order valence-electron chi connectivity index (χ0n) is 15.8. The molecule has 6 heteroatoms. The van der Waals surface area contributed by atoms with E-state index in [2.05, 4.69) is 45.9 Å². The van der Waals surface area contributed by atoms with Crippen LogP contribution in [0.15, 0.2) is 64.6 Å². The van der Waals surface area contributed by atoms with E-state index in [4.69, 9.17) is 4.42 Å². The molecule has 0 spiro atoms. The molecule has 3 rings (SSSR count). The van der Waals surface area contributed by atoms with Crippen molar-refractivity contribution in [2.75, 3.05) is 25.5 Å². The van der Waals surface area contributed by atoms with E-state index >= 15 is 0 Å². The molecule has 3 aromatic rings. The van der Waals surface area contributed by atoms with Crippen molar-refractivity contribution in [1.29, 1.82) is 0 Å². The number of rotatable bonds is 9. The van der Waals surface area contributed by atoms with E-state index in [0.29, 0.717) is 19.6 Å². The summed E-state index contributed by atoms with van der Waals surface area (Å²) in [5, 5.41) is 5.10. The fourth-order valence-electron chi connectivity index (χ4n) is 2.91. The Kier molecular flexibility index (Phi) is 6.68. The first-order valence-corrected chi connectivity index (χ1v) is 9.89. The van der Waals surface area contributed by atoms with Gasteiger partial charge in [-0.1, -0.05) is 18.2 Å². The van der Waals surface area contributed by atoms with Gasteiger partial charge in [0, 0.05) is 26.3 Å². The van der Waals surface area contributed by atoms with Crippen LogP contribution in [0, 0.1) is 0 Å². The van der Waals surface area contributed by atoms with Gasteiger partial charge >= 0.3 is 0 Å². The number of thiophene rings is 1. The second-order valence-electron chi connectivity index (χ2n) is 6.78. The zero-order valence-corrected chi connectivity index (χ0v) is 16.6. The predicted octanol–water partition coefficient (Wildman–Crippen LogP) is 2.31. The van der Waals surface area contributed by atoms with E-state index in [1.165, 1.54) is 4.88 Å². The molecule has 0 aliphatic heterocycles. The maximum Gasteiger partial charge on any atom is 0.275 e. The number of quaternary nitrogens is 1. The minimum atomic E-state index is 0.0461. The summed E-state index contributed by atoms with van der Waals surface area (Å²) in [5.41, 5.74) is 2.25. The summed E-state index contributed by atoms with van der Waals surface area (Å²) in [6.45, 7) is 2.45. The first kappa shape index (κ1) is 19.2. The Morgan fingerprint density at radius 1 is 1.11 bits per heavy atom. The lowest BCUT2D eigenvalue weighted by Crippen LogP contribution is -3.10. The highest BCUT2D eigenvalue weighted by Crippen LogP contribution is 2.12. The average molecular weight is 385 g/mol. The van der Waals surface area contributed by atoms with E-state index in [1.807, 2.05) is 32.3 Å². The van der Waals surface area contributed by atoms with Crippen molar-refractivity contribution in [2.45, 2.75) is 19.6 Å². The molecule has 0 saturated carbocycles. The van der Waals surface area contributed by atoms with Gasteiger partial charge in [-0.3, -0.25) is 4.79 Å². The number of amides is 1. The van der Waals surface area contributed by atoms with Crippen molar-refractivity contribution in [2.24, 2.45) is 0 Å². The maximum atomic E-state index is 12.5. The molecular weight excluding hydrogens is 358 g/mol. The average Bonchev–Trinajstić information content (AvgIpc) is 3.34. The van der Waals surface area contributed by atoms with Crippen molar-refractivity contribution >= 4 is 22.9 Å². The van der Waals surface area contributed by atoms with Crippen molar-refractivity contribution in [1.82, 2.24) is 5.32 Å². The highest BCUT2D eigenvalue weighted by atomic mass is 32.1. The number of carbonyl (C=O) groups excluding carboxylic acids is 1. The highest BCUT2D eigenvalue weighted by molar-refractivity contribution is 7.09. The van der Waals surface area contributed by atoms with Crippen molar-refractivity contribution in [3.05, 3.63) is 76.4 Å². The largest absolute Gasteiger partial charge is 0.463 e. The minimum absolute atomic E-state index is 0.0461. The van der Waals surface area contributed by atoms with Crippen molar-refractivity contribution in [3.63, 3.8) is 0 Å². The topological polar surface area (TPSA) is 49.9 Å². The Morgan fingerprint density at radius 2 is 1.93 bits per heavy atom. The molecule has 27 heavy (non-hydrogen) atoms. The lowest BCUT2D eigenvalue weighted by atomic mass is 10.2. The van der Waals surface area contributed by atoms with Crippen LogP contribution in [0.4, 0.5) is 5.69 Å². The lowest BCUT2D eigenvalue weighted by Gasteiger charge is -2.17. The van der Waals surface area contributed by atoms with E-state index < -0.39 is 0 Å². The smallest absolute Gasteiger partial charge is 0.275 e. The molecule has 0 aliphatic rings. The van der Waals surface area contributed by atoms with E-state index in [9.17, 15) is 4.79 Å². The molecule has 5 nitrogen and oxygen atoms in total. The number of hydrogen-bond donors (Lipinski definition) is 2. The maximum absolute atomic E-state index is 12.5. The summed E-state index contributed by atoms with van der Waals surface area (Å²) in [5.74, 6) is 0.943. The molecule has 0 radical (unpaired) electrons. The molecule has 1 atom stereocenters. The molecule has 1 aromatic carbocycles. The van der Waals surface area contributed by atoms with Crippen molar-refractivity contribution < 1.29 is 14.1 Å². The lowest BCUT2D eigenvalue weighted by molar-refractivity contribution is -0.920. The molecular formula is C21H26N3O2S+. The van der Waals surface area contributed by atoms with E-state index in [0.717, 1.165) is 28.5 Å². The third-order valence-corrected chi connectivity index (χ3v) is 5.24. The standard InChI is InChI=1S/C21H25N3O2S/c1-23(2)18-9-7-17(8-10-18)13-22-21(25)16-24(14-19-5-3-11-26-19)15-20-6-4-12-27-20/h3-12H,13-16H2,1-2H3,(H,22,25)/p+1. The summed E-state index contributed by atoms with van der Waals surface area (Å²) >= 11 is 1.72. The summed E-state index contributed by atoms with van der Waals surface area (Å²) < 4.78 is 5.47. The number of nitrogens with one attached hydrogen (secondary N) is 2. The van der Waals surface area contributed by atoms with Gasteiger partial charge in [-0.2, -0.15) is 0 Å². The van der Waals surface area contributed by atoms with Crippen molar-refractivity contribution in [3.8, 4) is 0 Å². The SMILES string of the molecule is CN(C)c1ccc(CNC(=O)C[NH+](Cc2ccco2)Cc2cccs2)cc1. The first-order chi connectivity index (χ1) is 13.1. The molecule has 0 fully saturated rings. The summed E-state index contributed by atoms with van der Waals surface area (Å²) in [4.78, 5) is 17.0. The van der Waals surface area contributed by atoms with Crippen LogP contribution in [0.25, 0.3) is 0 Å². The summed E-state index contributed by atoms with van der Waals surface area (Å²) in [6.07, 6.45) is 1.68. The first-order valence-electron chi connectivity index (χ1n) is 9.01. The molecule has 0 aliphatic carbocycles. The molecule has 0 bridgehead atoms. The molecule has 2 N–H and O–H groups in total. The molecule has 0 saturated heterocycles. The molecule has 1 amide bonds. The summed E-state index contributed by atoms with van der Waals surface area (Å²) in [6, 6.07) is 16.2. The minimum Gasteiger partial charge on any atom is -0.463 e. The molecule has 2 aromatic heterocycles. The predicted molar refractivity (Wildman–Crippen MR) is 109 cm³/mol. The van der Waals surface area contributed by atoms with E-state index in [-0.39, 0.29) is 5.91 Å². The van der Waals surface area contributed by atoms with Gasteiger partial charge in [0.2, 0.25) is 0 Å². The Balaban J connectivity index is 1.54. The van der Waals surface area contributed by atoms with E-state index in [1.54, 1.807) is 17.6 Å². The number of nitrogens with zero attached hydrogens (tertiary/aromatic N) is 1. The number of anilines is 1. The second-order valence-corrected chi connectivity index (χ2v) is 7.81. The third kappa shape index (κ3) is 5.98. The zero-order chi connectivity index (χ0) is 19.1. The Bertz CT molecular complexity index is 776. The van der Waals surface area contributed by atoms with Crippen LogP contribution < -0.4 is 15.1 Å². The fraction of sp³-hybridized carbons (Fsp3) is 0.286. The summed E-state index contributed by atoms with van der Waals surface area (Å²) in [7, 11) is 4.03. The molecule has 142 valence electrons. The normalized spacial score (nSPS) is 11.9. The number of benzene rings is 1. The van der Waals surface area contributed by atoms with Crippen LogP contribution in [-0.2, 0) is 24.4 Å². The quantitative estimate of drug-likeness (QED) is 0.595. The molecule has 1 unspecified atom stereocenters. The van der Waals surface area contributed by atoms with Gasteiger partial charge in [0.1, 0.15) is 13.1 Å². The van der Waals surface area contributed by atoms with Crippen LogP contribution in [0.5, 0.6) is 0 Å². The molecule has 2 heterocycles. The van der Waals surface area contributed by atoms with Gasteiger partial charge in [0.25, 0.3) is 5.91 Å². The monoisotopic (exact) mass is 384 g/mol. The van der Waals surface area contributed by atoms with Gasteiger partial charge in [-0.15, -0.1) is 11.3 Å². The van der Waals surface area contributed by atoms with Crippen LogP contribution in [0.1, 0.15) is 16.2 Å². The highest BCUT2D eigenvalue weighted by Gasteiger charge is 2.17. The Hall–Kier alpha value is -2.57. The number of carbonyl (C=O) groups is 1. The van der Waals surface area contributed by atoms with Gasteiger partial charge < -0.3 is 19.5 Å². The second kappa shape index (κ2) is 9.39. The Morgan fingerprint density at radius 3 is 2.56 bits per heavy atom. The van der Waals surface area contributed by atoms with Crippen LogP contribution in [-0.4, -0.2) is 26.5 Å². The van der Waals surface area contributed by atoms with Gasteiger partial charge in [-0.05, 0) is 41.3 Å².